The Hall–Kier alpha value is -1.86. The van der Waals surface area contributed by atoms with E-state index in [1.807, 2.05) is 50.1 Å². The molecule has 0 aliphatic carbocycles. The van der Waals surface area contributed by atoms with Crippen molar-refractivity contribution >= 4 is 23.3 Å². The highest BCUT2D eigenvalue weighted by molar-refractivity contribution is 7.09. The van der Waals surface area contributed by atoms with Crippen LogP contribution < -0.4 is 5.32 Å². The average Bonchev–Trinajstić information content (AvgIpc) is 3.12. The first kappa shape index (κ1) is 22.4. The highest BCUT2D eigenvalue weighted by Crippen LogP contribution is 2.18. The summed E-state index contributed by atoms with van der Waals surface area (Å²) >= 11 is 1.66. The molecule has 6 nitrogen and oxygen atoms in total. The van der Waals surface area contributed by atoms with Crippen LogP contribution in [0.25, 0.3) is 0 Å². The van der Waals surface area contributed by atoms with Crippen LogP contribution in [0.2, 0.25) is 0 Å². The highest BCUT2D eigenvalue weighted by Gasteiger charge is 2.30. The lowest BCUT2D eigenvalue weighted by Gasteiger charge is -2.37. The molecule has 1 aliphatic heterocycles. The molecular formula is C21H33N3O3S. The van der Waals surface area contributed by atoms with E-state index in [1.54, 1.807) is 17.4 Å². The van der Waals surface area contributed by atoms with Crippen LogP contribution in [-0.2, 0) is 16.1 Å². The number of hydrogen-bond donors (Lipinski definition) is 1. The lowest BCUT2D eigenvalue weighted by Crippen LogP contribution is -2.52. The Kier molecular flexibility index (Phi) is 8.07. The van der Waals surface area contributed by atoms with Crippen LogP contribution in [0.4, 0.5) is 4.79 Å². The summed E-state index contributed by atoms with van der Waals surface area (Å²) in [7, 11) is 0. The molecule has 1 aromatic rings. The molecule has 2 amide bonds. The smallest absolute Gasteiger partial charge is 0.407 e. The molecule has 1 atom stereocenters. The Balaban J connectivity index is 1.85. The van der Waals surface area contributed by atoms with E-state index >= 15 is 0 Å². The number of ether oxygens (including phenoxy) is 1. The zero-order valence-corrected chi connectivity index (χ0v) is 18.3. The summed E-state index contributed by atoms with van der Waals surface area (Å²) in [4.78, 5) is 30.2. The Morgan fingerprint density at radius 1 is 1.43 bits per heavy atom. The predicted octanol–water partition coefficient (Wildman–Crippen LogP) is 3.64. The second-order valence-corrected chi connectivity index (χ2v) is 9.25. The maximum atomic E-state index is 13.0. The van der Waals surface area contributed by atoms with E-state index in [9.17, 15) is 9.59 Å². The minimum Gasteiger partial charge on any atom is -0.444 e. The van der Waals surface area contributed by atoms with Crippen molar-refractivity contribution in [2.75, 3.05) is 19.6 Å². The molecule has 0 saturated carbocycles. The quantitative estimate of drug-likeness (QED) is 0.701. The summed E-state index contributed by atoms with van der Waals surface area (Å²) in [6.07, 6.45) is 3.02. The van der Waals surface area contributed by atoms with Crippen molar-refractivity contribution < 1.29 is 14.3 Å². The zero-order chi connectivity index (χ0) is 20.7. The first-order valence-electron chi connectivity index (χ1n) is 9.85. The molecule has 0 bridgehead atoms. The number of amides is 2. The molecule has 1 aromatic heterocycles. The molecule has 0 aromatic carbocycles. The number of rotatable bonds is 7. The van der Waals surface area contributed by atoms with Gasteiger partial charge in [0.1, 0.15) is 5.60 Å². The van der Waals surface area contributed by atoms with E-state index in [0.29, 0.717) is 13.1 Å². The van der Waals surface area contributed by atoms with Crippen LogP contribution in [0.5, 0.6) is 0 Å². The minimum absolute atomic E-state index is 0.0869. The Labute approximate surface area is 172 Å². The number of carbonyl (C=O) groups excluding carboxylic acids is 2. The zero-order valence-electron chi connectivity index (χ0n) is 17.4. The summed E-state index contributed by atoms with van der Waals surface area (Å²) in [6.45, 7) is 14.0. The number of likely N-dealkylation sites (tertiary alicyclic amines) is 1. The summed E-state index contributed by atoms with van der Waals surface area (Å²) in [5.41, 5.74) is -0.497. The molecule has 1 unspecified atom stereocenters. The second kappa shape index (κ2) is 10.1. The van der Waals surface area contributed by atoms with E-state index in [4.69, 9.17) is 4.74 Å². The van der Waals surface area contributed by atoms with Crippen molar-refractivity contribution in [3.05, 3.63) is 35.0 Å². The molecule has 7 heteroatoms. The van der Waals surface area contributed by atoms with Crippen molar-refractivity contribution in [2.45, 2.75) is 64.8 Å². The SMILES string of the molecule is C=CCN(Cc1cccs1)C(=O)C(C)N1CCC(NC(=O)OC(C)(C)C)CC1. The maximum Gasteiger partial charge on any atom is 0.407 e. The number of hydrogen-bond acceptors (Lipinski definition) is 5. The van der Waals surface area contributed by atoms with Gasteiger partial charge in [-0.25, -0.2) is 4.79 Å². The van der Waals surface area contributed by atoms with Crippen molar-refractivity contribution in [1.29, 1.82) is 0 Å². The molecule has 0 spiro atoms. The van der Waals surface area contributed by atoms with Gasteiger partial charge in [0.15, 0.2) is 0 Å². The Morgan fingerprint density at radius 2 is 2.11 bits per heavy atom. The number of thiophene rings is 1. The first-order valence-corrected chi connectivity index (χ1v) is 10.7. The van der Waals surface area contributed by atoms with E-state index in [0.717, 1.165) is 25.9 Å². The normalized spacial score (nSPS) is 17.0. The lowest BCUT2D eigenvalue weighted by atomic mass is 10.0. The van der Waals surface area contributed by atoms with Crippen LogP contribution in [0.15, 0.2) is 30.2 Å². The largest absolute Gasteiger partial charge is 0.444 e. The third kappa shape index (κ3) is 6.95. The molecule has 2 heterocycles. The van der Waals surface area contributed by atoms with Gasteiger partial charge in [-0.3, -0.25) is 9.69 Å². The monoisotopic (exact) mass is 407 g/mol. The fourth-order valence-corrected chi connectivity index (χ4v) is 4.02. The Bertz CT molecular complexity index is 646. The summed E-state index contributed by atoms with van der Waals surface area (Å²) < 4.78 is 5.33. The molecule has 0 radical (unpaired) electrons. The van der Waals surface area contributed by atoms with Crippen LogP contribution >= 0.6 is 11.3 Å². The summed E-state index contributed by atoms with van der Waals surface area (Å²) in [6, 6.07) is 3.95. The first-order chi connectivity index (χ1) is 13.2. The van der Waals surface area contributed by atoms with Gasteiger partial charge in [0.05, 0.1) is 12.6 Å². The van der Waals surface area contributed by atoms with Gasteiger partial charge < -0.3 is 15.0 Å². The number of alkyl carbamates (subject to hydrolysis) is 1. The van der Waals surface area contributed by atoms with Gasteiger partial charge in [0.25, 0.3) is 0 Å². The van der Waals surface area contributed by atoms with E-state index in [2.05, 4.69) is 16.8 Å². The Morgan fingerprint density at radius 3 is 2.64 bits per heavy atom. The number of nitrogens with zero attached hydrogens (tertiary/aromatic N) is 2. The number of piperidine rings is 1. The molecule has 1 N–H and O–H groups in total. The van der Waals surface area contributed by atoms with Gasteiger partial charge in [-0.1, -0.05) is 12.1 Å². The molecule has 28 heavy (non-hydrogen) atoms. The fourth-order valence-electron chi connectivity index (χ4n) is 3.30. The topological polar surface area (TPSA) is 61.9 Å². The van der Waals surface area contributed by atoms with Crippen molar-refractivity contribution in [3.63, 3.8) is 0 Å². The highest BCUT2D eigenvalue weighted by atomic mass is 32.1. The van der Waals surface area contributed by atoms with Crippen molar-refractivity contribution in [1.82, 2.24) is 15.1 Å². The van der Waals surface area contributed by atoms with Gasteiger partial charge in [-0.2, -0.15) is 0 Å². The standard InChI is InChI=1S/C21H33N3O3S/c1-6-11-24(15-18-8-7-14-28-18)19(25)16(2)23-12-9-17(10-13-23)22-20(26)27-21(3,4)5/h6-8,14,16-17H,1,9-13,15H2,2-5H3,(H,22,26). The maximum absolute atomic E-state index is 13.0. The van der Waals surface area contributed by atoms with Gasteiger partial charge in [-0.05, 0) is 52.0 Å². The van der Waals surface area contributed by atoms with Crippen LogP contribution in [0, 0.1) is 0 Å². The van der Waals surface area contributed by atoms with E-state index < -0.39 is 5.60 Å². The molecule has 2 rings (SSSR count). The van der Waals surface area contributed by atoms with Crippen LogP contribution in [-0.4, -0.2) is 59.1 Å². The molecule has 1 fully saturated rings. The van der Waals surface area contributed by atoms with Gasteiger partial charge >= 0.3 is 6.09 Å². The third-order valence-electron chi connectivity index (χ3n) is 4.74. The van der Waals surface area contributed by atoms with Crippen LogP contribution in [0.3, 0.4) is 0 Å². The fraction of sp³-hybridized carbons (Fsp3) is 0.619. The average molecular weight is 408 g/mol. The predicted molar refractivity (Wildman–Crippen MR) is 113 cm³/mol. The lowest BCUT2D eigenvalue weighted by molar-refractivity contribution is -0.137. The van der Waals surface area contributed by atoms with Crippen molar-refractivity contribution in [3.8, 4) is 0 Å². The van der Waals surface area contributed by atoms with E-state index in [-0.39, 0.29) is 24.1 Å². The van der Waals surface area contributed by atoms with Crippen LogP contribution in [0.1, 0.15) is 45.4 Å². The summed E-state index contributed by atoms with van der Waals surface area (Å²) in [5, 5.41) is 4.97. The number of carbonyl (C=O) groups is 2. The number of nitrogens with one attached hydrogen (secondary N) is 1. The molecule has 1 aliphatic rings. The van der Waals surface area contributed by atoms with Gasteiger partial charge in [-0.15, -0.1) is 17.9 Å². The van der Waals surface area contributed by atoms with Gasteiger partial charge in [0.2, 0.25) is 5.91 Å². The molecule has 1 saturated heterocycles. The molecule has 156 valence electrons. The third-order valence-corrected chi connectivity index (χ3v) is 5.60. The van der Waals surface area contributed by atoms with Crippen molar-refractivity contribution in [2.24, 2.45) is 0 Å². The second-order valence-electron chi connectivity index (χ2n) is 8.22. The summed E-state index contributed by atoms with van der Waals surface area (Å²) in [5.74, 6) is 0.117. The van der Waals surface area contributed by atoms with Gasteiger partial charge in [0, 0.05) is 30.6 Å². The molecular weight excluding hydrogens is 374 g/mol. The minimum atomic E-state index is -0.497. The van der Waals surface area contributed by atoms with E-state index in [1.165, 1.54) is 4.88 Å².